The van der Waals surface area contributed by atoms with Crippen molar-refractivity contribution in [3.63, 3.8) is 0 Å². The van der Waals surface area contributed by atoms with Gasteiger partial charge >= 0.3 is 0 Å². The highest BCUT2D eigenvalue weighted by Gasteiger charge is 2.27. The Balaban J connectivity index is 1.42. The van der Waals surface area contributed by atoms with Gasteiger partial charge in [-0.15, -0.1) is 0 Å². The first-order valence-corrected chi connectivity index (χ1v) is 9.76. The molecule has 0 saturated carbocycles. The van der Waals surface area contributed by atoms with E-state index in [1.807, 2.05) is 18.2 Å². The molecular weight excluding hydrogens is 330 g/mol. The highest BCUT2D eigenvalue weighted by molar-refractivity contribution is 7.91. The largest absolute Gasteiger partial charge is 0.454 e. The van der Waals surface area contributed by atoms with Crippen LogP contribution in [0.3, 0.4) is 0 Å². The molecule has 0 unspecified atom stereocenters. The number of ether oxygens (including phenoxy) is 2. The second-order valence-electron chi connectivity index (χ2n) is 6.24. The Labute approximate surface area is 140 Å². The van der Waals surface area contributed by atoms with Gasteiger partial charge in [0, 0.05) is 17.7 Å². The van der Waals surface area contributed by atoms with E-state index in [2.05, 4.69) is 15.5 Å². The van der Waals surface area contributed by atoms with Crippen molar-refractivity contribution in [2.75, 3.05) is 24.8 Å². The minimum absolute atomic E-state index is 0.205. The SMILES string of the molecule is O=S1(=O)CC[C@@H](CNCc2cn[nH]c2-c2ccc3c(c2)OCO3)C1. The Morgan fingerprint density at radius 1 is 1.29 bits per heavy atom. The molecule has 2 N–H and O–H groups in total. The molecule has 4 rings (SSSR count). The average molecular weight is 349 g/mol. The monoisotopic (exact) mass is 349 g/mol. The van der Waals surface area contributed by atoms with Crippen molar-refractivity contribution in [2.24, 2.45) is 5.92 Å². The molecule has 1 saturated heterocycles. The summed E-state index contributed by atoms with van der Waals surface area (Å²) in [5.74, 6) is 2.29. The highest BCUT2D eigenvalue weighted by Crippen LogP contribution is 2.36. The van der Waals surface area contributed by atoms with Gasteiger partial charge < -0.3 is 14.8 Å². The molecule has 1 aromatic carbocycles. The van der Waals surface area contributed by atoms with Crippen molar-refractivity contribution in [1.29, 1.82) is 0 Å². The fourth-order valence-corrected chi connectivity index (χ4v) is 5.05. The van der Waals surface area contributed by atoms with E-state index in [-0.39, 0.29) is 12.7 Å². The Hall–Kier alpha value is -2.06. The lowest BCUT2D eigenvalue weighted by atomic mass is 10.1. The smallest absolute Gasteiger partial charge is 0.231 e. The van der Waals surface area contributed by atoms with Crippen LogP contribution in [0.5, 0.6) is 11.5 Å². The summed E-state index contributed by atoms with van der Waals surface area (Å²) < 4.78 is 33.7. The van der Waals surface area contributed by atoms with Crippen molar-refractivity contribution in [1.82, 2.24) is 15.5 Å². The van der Waals surface area contributed by atoms with Crippen LogP contribution in [0.1, 0.15) is 12.0 Å². The molecule has 0 aliphatic carbocycles. The van der Waals surface area contributed by atoms with E-state index in [4.69, 9.17) is 9.47 Å². The lowest BCUT2D eigenvalue weighted by Crippen LogP contribution is -2.23. The van der Waals surface area contributed by atoms with Crippen molar-refractivity contribution in [3.8, 4) is 22.8 Å². The maximum Gasteiger partial charge on any atom is 0.231 e. The number of rotatable bonds is 5. The molecule has 2 aliphatic heterocycles. The van der Waals surface area contributed by atoms with Gasteiger partial charge in [0.25, 0.3) is 0 Å². The fourth-order valence-electron chi connectivity index (χ4n) is 3.19. The number of hydrogen-bond acceptors (Lipinski definition) is 6. The van der Waals surface area contributed by atoms with Gasteiger partial charge in [0.2, 0.25) is 6.79 Å². The topological polar surface area (TPSA) is 93.3 Å². The molecule has 24 heavy (non-hydrogen) atoms. The van der Waals surface area contributed by atoms with Crippen LogP contribution in [0.15, 0.2) is 24.4 Å². The van der Waals surface area contributed by atoms with Crippen molar-refractivity contribution < 1.29 is 17.9 Å². The maximum atomic E-state index is 11.5. The van der Waals surface area contributed by atoms with Gasteiger partial charge in [-0.05, 0) is 37.1 Å². The normalized spacial score (nSPS) is 21.2. The van der Waals surface area contributed by atoms with Crippen LogP contribution >= 0.6 is 0 Å². The number of H-pyrrole nitrogens is 1. The van der Waals surface area contributed by atoms with Gasteiger partial charge in [0.1, 0.15) is 0 Å². The van der Waals surface area contributed by atoms with Gasteiger partial charge in [-0.25, -0.2) is 8.42 Å². The van der Waals surface area contributed by atoms with Crippen LogP contribution in [0.25, 0.3) is 11.3 Å². The van der Waals surface area contributed by atoms with E-state index < -0.39 is 9.84 Å². The van der Waals surface area contributed by atoms with Crippen molar-refractivity contribution >= 4 is 9.84 Å². The summed E-state index contributed by atoms with van der Waals surface area (Å²) in [6, 6.07) is 5.79. The number of nitrogens with one attached hydrogen (secondary N) is 2. The lowest BCUT2D eigenvalue weighted by molar-refractivity contribution is 0.174. The summed E-state index contributed by atoms with van der Waals surface area (Å²) in [6.07, 6.45) is 2.54. The Morgan fingerprint density at radius 3 is 3.00 bits per heavy atom. The first kappa shape index (κ1) is 15.5. The van der Waals surface area contributed by atoms with E-state index in [0.29, 0.717) is 24.6 Å². The summed E-state index contributed by atoms with van der Waals surface area (Å²) in [5.41, 5.74) is 2.95. The van der Waals surface area contributed by atoms with Gasteiger partial charge in [-0.1, -0.05) is 0 Å². The molecular formula is C16H19N3O4S. The molecule has 0 spiro atoms. The predicted molar refractivity (Wildman–Crippen MR) is 88.6 cm³/mol. The Kier molecular flexibility index (Phi) is 3.93. The van der Waals surface area contributed by atoms with Gasteiger partial charge in [-0.2, -0.15) is 5.10 Å². The van der Waals surface area contributed by atoms with Crippen LogP contribution in [0.4, 0.5) is 0 Å². The van der Waals surface area contributed by atoms with Crippen LogP contribution in [-0.4, -0.2) is 43.5 Å². The van der Waals surface area contributed by atoms with E-state index in [0.717, 1.165) is 34.7 Å². The van der Waals surface area contributed by atoms with Crippen LogP contribution in [0.2, 0.25) is 0 Å². The summed E-state index contributed by atoms with van der Waals surface area (Å²) in [5, 5.41) is 10.5. The molecule has 0 radical (unpaired) electrons. The molecule has 1 atom stereocenters. The summed E-state index contributed by atoms with van der Waals surface area (Å²) in [7, 11) is -2.82. The van der Waals surface area contributed by atoms with Gasteiger partial charge in [-0.3, -0.25) is 5.10 Å². The highest BCUT2D eigenvalue weighted by atomic mass is 32.2. The second kappa shape index (κ2) is 6.10. The number of nitrogens with zero attached hydrogens (tertiary/aromatic N) is 1. The van der Waals surface area contributed by atoms with Crippen LogP contribution < -0.4 is 14.8 Å². The number of aromatic amines is 1. The first-order valence-electron chi connectivity index (χ1n) is 7.94. The zero-order valence-corrected chi connectivity index (χ0v) is 13.9. The second-order valence-corrected chi connectivity index (χ2v) is 8.47. The van der Waals surface area contributed by atoms with E-state index in [1.165, 1.54) is 0 Å². The molecule has 2 aromatic rings. The molecule has 128 valence electrons. The third-order valence-corrected chi connectivity index (χ3v) is 6.29. The van der Waals surface area contributed by atoms with E-state index in [1.54, 1.807) is 6.20 Å². The van der Waals surface area contributed by atoms with Crippen LogP contribution in [0, 0.1) is 5.92 Å². The minimum Gasteiger partial charge on any atom is -0.454 e. The quantitative estimate of drug-likeness (QED) is 0.846. The third-order valence-electron chi connectivity index (χ3n) is 4.45. The minimum atomic E-state index is -2.82. The zero-order valence-electron chi connectivity index (χ0n) is 13.1. The van der Waals surface area contributed by atoms with Crippen molar-refractivity contribution in [2.45, 2.75) is 13.0 Å². The summed E-state index contributed by atoms with van der Waals surface area (Å²) >= 11 is 0. The number of fused-ring (bicyclic) bond motifs is 1. The number of aromatic nitrogens is 2. The molecule has 1 aromatic heterocycles. The lowest BCUT2D eigenvalue weighted by Gasteiger charge is -2.10. The van der Waals surface area contributed by atoms with E-state index in [9.17, 15) is 8.42 Å². The number of sulfone groups is 1. The molecule has 1 fully saturated rings. The number of hydrogen-bond donors (Lipinski definition) is 2. The molecule has 0 amide bonds. The number of benzene rings is 1. The Bertz CT molecular complexity index is 847. The summed E-state index contributed by atoms with van der Waals surface area (Å²) in [6.45, 7) is 1.59. The third kappa shape index (κ3) is 3.11. The van der Waals surface area contributed by atoms with Crippen molar-refractivity contribution in [3.05, 3.63) is 30.0 Å². The molecule has 0 bridgehead atoms. The zero-order chi connectivity index (χ0) is 16.6. The predicted octanol–water partition coefficient (Wildman–Crippen LogP) is 1.33. The van der Waals surface area contributed by atoms with E-state index >= 15 is 0 Å². The van der Waals surface area contributed by atoms with Gasteiger partial charge in [0.15, 0.2) is 21.3 Å². The average Bonchev–Trinajstić information content (AvgIpc) is 3.26. The summed E-state index contributed by atoms with van der Waals surface area (Å²) in [4.78, 5) is 0. The molecule has 7 nitrogen and oxygen atoms in total. The van der Waals surface area contributed by atoms with Crippen LogP contribution in [-0.2, 0) is 16.4 Å². The molecule has 8 heteroatoms. The fraction of sp³-hybridized carbons (Fsp3) is 0.438. The first-order chi connectivity index (χ1) is 11.6. The molecule has 3 heterocycles. The Morgan fingerprint density at radius 2 is 2.17 bits per heavy atom. The standard InChI is InChI=1S/C16H19N3O4S/c20-24(21)4-3-11(9-24)6-17-7-13-8-18-19-16(13)12-1-2-14-15(5-12)23-10-22-14/h1-2,5,8,11,17H,3-4,6-7,9-10H2,(H,18,19)/t11-/m0/s1. The maximum absolute atomic E-state index is 11.5. The molecule has 2 aliphatic rings. The van der Waals surface area contributed by atoms with Gasteiger partial charge in [0.05, 0.1) is 23.4 Å².